The highest BCUT2D eigenvalue weighted by atomic mass is 19.1. The summed E-state index contributed by atoms with van der Waals surface area (Å²) in [5.41, 5.74) is 0.284. The molecule has 5 heteroatoms. The molecule has 1 aliphatic rings. The first-order chi connectivity index (χ1) is 10.1. The first-order valence-corrected chi connectivity index (χ1v) is 7.29. The van der Waals surface area contributed by atoms with Crippen molar-refractivity contribution in [2.75, 3.05) is 6.61 Å². The predicted molar refractivity (Wildman–Crippen MR) is 76.9 cm³/mol. The van der Waals surface area contributed by atoms with Crippen molar-refractivity contribution in [1.29, 1.82) is 0 Å². The van der Waals surface area contributed by atoms with E-state index in [1.54, 1.807) is 0 Å². The van der Waals surface area contributed by atoms with Crippen molar-refractivity contribution in [3.63, 3.8) is 0 Å². The molecule has 4 nitrogen and oxygen atoms in total. The van der Waals surface area contributed by atoms with Gasteiger partial charge < -0.3 is 10.1 Å². The van der Waals surface area contributed by atoms with Crippen LogP contribution in [-0.2, 0) is 4.79 Å². The Morgan fingerprint density at radius 2 is 2.00 bits per heavy atom. The molecule has 0 atom stereocenters. The van der Waals surface area contributed by atoms with Crippen LogP contribution in [0.15, 0.2) is 18.2 Å². The number of benzene rings is 1. The zero-order valence-corrected chi connectivity index (χ0v) is 12.2. The van der Waals surface area contributed by atoms with E-state index in [9.17, 15) is 14.0 Å². The summed E-state index contributed by atoms with van der Waals surface area (Å²) < 4.78 is 18.9. The molecule has 0 bridgehead atoms. The summed E-state index contributed by atoms with van der Waals surface area (Å²) in [6, 6.07) is 4.19. The molecule has 21 heavy (non-hydrogen) atoms. The highest BCUT2D eigenvalue weighted by Gasteiger charge is 2.16. The Balaban J connectivity index is 1.84. The average molecular weight is 293 g/mol. The summed E-state index contributed by atoms with van der Waals surface area (Å²) in [5, 5.41) is 2.90. The highest BCUT2D eigenvalue weighted by molar-refractivity contribution is 5.94. The van der Waals surface area contributed by atoms with Crippen LogP contribution in [0.2, 0.25) is 0 Å². The molecule has 0 spiro atoms. The van der Waals surface area contributed by atoms with Gasteiger partial charge in [0.05, 0.1) is 0 Å². The van der Waals surface area contributed by atoms with Crippen LogP contribution in [0.4, 0.5) is 4.39 Å². The molecule has 0 aliphatic heterocycles. The Hall–Kier alpha value is -1.91. The van der Waals surface area contributed by atoms with Gasteiger partial charge in [-0.1, -0.05) is 19.3 Å². The second kappa shape index (κ2) is 7.20. The molecule has 1 fully saturated rings. The molecule has 114 valence electrons. The molecule has 0 heterocycles. The largest absolute Gasteiger partial charge is 0.481 e. The van der Waals surface area contributed by atoms with E-state index in [-0.39, 0.29) is 35.7 Å². The molecule has 0 unspecified atom stereocenters. The Bertz CT molecular complexity index is 524. The van der Waals surface area contributed by atoms with Crippen molar-refractivity contribution in [3.8, 4) is 5.75 Å². The van der Waals surface area contributed by atoms with Gasteiger partial charge >= 0.3 is 0 Å². The molecule has 1 amide bonds. The number of rotatable bonds is 5. The number of carbonyl (C=O) groups is 2. The lowest BCUT2D eigenvalue weighted by Crippen LogP contribution is -2.39. The number of hydrogen-bond acceptors (Lipinski definition) is 3. The lowest BCUT2D eigenvalue weighted by Gasteiger charge is -2.22. The Kier molecular flexibility index (Phi) is 5.31. The second-order valence-electron chi connectivity index (χ2n) is 5.39. The number of carbonyl (C=O) groups excluding carboxylic acids is 2. The van der Waals surface area contributed by atoms with Gasteiger partial charge in [0.15, 0.2) is 24.0 Å². The first-order valence-electron chi connectivity index (χ1n) is 7.29. The minimum atomic E-state index is -0.631. The molecule has 2 rings (SSSR count). The van der Waals surface area contributed by atoms with E-state index in [0.29, 0.717) is 0 Å². The third kappa shape index (κ3) is 4.55. The SMILES string of the molecule is CC(=O)c1ccc(OCC(=O)NC2CCCCC2)c(F)c1. The lowest BCUT2D eigenvalue weighted by molar-refractivity contribution is -0.124. The number of amides is 1. The fourth-order valence-electron chi connectivity index (χ4n) is 2.50. The van der Waals surface area contributed by atoms with Crippen molar-refractivity contribution < 1.29 is 18.7 Å². The normalized spacial score (nSPS) is 15.5. The number of Topliss-reactive ketones (excluding diaryl/α,β-unsaturated/α-hetero) is 1. The van der Waals surface area contributed by atoms with E-state index in [4.69, 9.17) is 4.74 Å². The molecule has 0 aromatic heterocycles. The Morgan fingerprint density at radius 1 is 1.29 bits per heavy atom. The Labute approximate surface area is 123 Å². The van der Waals surface area contributed by atoms with E-state index in [1.165, 1.54) is 25.5 Å². The van der Waals surface area contributed by atoms with Gasteiger partial charge in [-0.15, -0.1) is 0 Å². The van der Waals surface area contributed by atoms with Crippen molar-refractivity contribution in [3.05, 3.63) is 29.6 Å². The van der Waals surface area contributed by atoms with E-state index < -0.39 is 5.82 Å². The first kappa shape index (κ1) is 15.5. The van der Waals surface area contributed by atoms with Gasteiger partial charge in [0.25, 0.3) is 5.91 Å². The van der Waals surface area contributed by atoms with Crippen LogP contribution in [0, 0.1) is 5.82 Å². The smallest absolute Gasteiger partial charge is 0.258 e. The van der Waals surface area contributed by atoms with Gasteiger partial charge in [-0.3, -0.25) is 9.59 Å². The molecule has 0 radical (unpaired) electrons. The molecule has 1 N–H and O–H groups in total. The van der Waals surface area contributed by atoms with Crippen LogP contribution in [0.3, 0.4) is 0 Å². The van der Waals surface area contributed by atoms with E-state index in [0.717, 1.165) is 31.7 Å². The van der Waals surface area contributed by atoms with Gasteiger partial charge in [0, 0.05) is 11.6 Å². The van der Waals surface area contributed by atoms with Gasteiger partial charge in [-0.25, -0.2) is 4.39 Å². The monoisotopic (exact) mass is 293 g/mol. The number of halogens is 1. The molecule has 1 saturated carbocycles. The maximum absolute atomic E-state index is 13.7. The minimum Gasteiger partial charge on any atom is -0.481 e. The third-order valence-corrected chi connectivity index (χ3v) is 3.67. The highest BCUT2D eigenvalue weighted by Crippen LogP contribution is 2.19. The third-order valence-electron chi connectivity index (χ3n) is 3.67. The minimum absolute atomic E-state index is 0.0150. The number of ether oxygens (including phenoxy) is 1. The van der Waals surface area contributed by atoms with Crippen molar-refractivity contribution in [2.45, 2.75) is 45.1 Å². The second-order valence-corrected chi connectivity index (χ2v) is 5.39. The van der Waals surface area contributed by atoms with Gasteiger partial charge in [0.1, 0.15) is 0 Å². The van der Waals surface area contributed by atoms with Crippen LogP contribution in [-0.4, -0.2) is 24.3 Å². The summed E-state index contributed by atoms with van der Waals surface area (Å²) in [4.78, 5) is 22.9. The molecule has 0 saturated heterocycles. The lowest BCUT2D eigenvalue weighted by atomic mass is 9.95. The Morgan fingerprint density at radius 3 is 2.62 bits per heavy atom. The molecule has 1 aromatic rings. The summed E-state index contributed by atoms with van der Waals surface area (Å²) in [7, 11) is 0. The molecular formula is C16H20FNO3. The summed E-state index contributed by atoms with van der Waals surface area (Å²) in [6.07, 6.45) is 5.47. The van der Waals surface area contributed by atoms with Crippen LogP contribution < -0.4 is 10.1 Å². The molecular weight excluding hydrogens is 273 g/mol. The van der Waals surface area contributed by atoms with Crippen LogP contribution >= 0.6 is 0 Å². The zero-order chi connectivity index (χ0) is 15.2. The molecule has 1 aromatic carbocycles. The summed E-state index contributed by atoms with van der Waals surface area (Å²) in [6.45, 7) is 1.15. The van der Waals surface area contributed by atoms with Crippen LogP contribution in [0.1, 0.15) is 49.4 Å². The van der Waals surface area contributed by atoms with Gasteiger partial charge in [-0.2, -0.15) is 0 Å². The van der Waals surface area contributed by atoms with Crippen LogP contribution in [0.5, 0.6) is 5.75 Å². The van der Waals surface area contributed by atoms with Crippen molar-refractivity contribution in [1.82, 2.24) is 5.32 Å². The topological polar surface area (TPSA) is 55.4 Å². The number of nitrogens with one attached hydrogen (secondary N) is 1. The predicted octanol–water partition coefficient (Wildman–Crippen LogP) is 2.86. The summed E-state index contributed by atoms with van der Waals surface area (Å²) in [5.74, 6) is -1.10. The van der Waals surface area contributed by atoms with Crippen molar-refractivity contribution in [2.24, 2.45) is 0 Å². The fraction of sp³-hybridized carbons (Fsp3) is 0.500. The van der Waals surface area contributed by atoms with Crippen LogP contribution in [0.25, 0.3) is 0 Å². The standard InChI is InChI=1S/C16H20FNO3/c1-11(19)12-7-8-15(14(17)9-12)21-10-16(20)18-13-5-3-2-4-6-13/h7-9,13H,2-6,10H2,1H3,(H,18,20). The summed E-state index contributed by atoms with van der Waals surface area (Å²) >= 11 is 0. The average Bonchev–Trinajstić information content (AvgIpc) is 2.47. The number of ketones is 1. The van der Waals surface area contributed by atoms with E-state index >= 15 is 0 Å². The van der Waals surface area contributed by atoms with Gasteiger partial charge in [0.2, 0.25) is 0 Å². The van der Waals surface area contributed by atoms with E-state index in [2.05, 4.69) is 5.32 Å². The quantitative estimate of drug-likeness (QED) is 0.849. The zero-order valence-electron chi connectivity index (χ0n) is 12.2. The van der Waals surface area contributed by atoms with Crippen molar-refractivity contribution >= 4 is 11.7 Å². The number of hydrogen-bond donors (Lipinski definition) is 1. The maximum atomic E-state index is 13.7. The fourth-order valence-corrected chi connectivity index (χ4v) is 2.50. The maximum Gasteiger partial charge on any atom is 0.258 e. The van der Waals surface area contributed by atoms with E-state index in [1.807, 2.05) is 0 Å². The molecule has 1 aliphatic carbocycles. The van der Waals surface area contributed by atoms with Gasteiger partial charge in [-0.05, 0) is 38.0 Å².